The molecule has 2 aromatic heterocycles. The van der Waals surface area contributed by atoms with E-state index in [2.05, 4.69) is 25.8 Å². The van der Waals surface area contributed by atoms with E-state index in [4.69, 9.17) is 9.66 Å². The number of sulfonamides is 1. The van der Waals surface area contributed by atoms with Crippen LogP contribution in [0.3, 0.4) is 0 Å². The molecule has 0 atom stereocenters. The normalized spacial score (nSPS) is 12.0. The maximum atomic E-state index is 11.5. The third-order valence-electron chi connectivity index (χ3n) is 3.58. The zero-order chi connectivity index (χ0) is 19.7. The Balaban J connectivity index is 1.77. The molecule has 1 aromatic carbocycles. The average molecular weight is 388 g/mol. The zero-order valence-corrected chi connectivity index (χ0v) is 15.9. The van der Waals surface area contributed by atoms with Crippen LogP contribution in [0.5, 0.6) is 0 Å². The maximum Gasteiger partial charge on any atom is 0.238 e. The molecule has 3 aromatic rings. The summed E-state index contributed by atoms with van der Waals surface area (Å²) in [5.41, 5.74) is 0.342. The van der Waals surface area contributed by atoms with Crippen LogP contribution in [0.2, 0.25) is 0 Å². The molecule has 0 radical (unpaired) electrons. The number of hydrogen-bond acceptors (Lipinski definition) is 8. The summed E-state index contributed by atoms with van der Waals surface area (Å²) in [6, 6.07) is 9.57. The van der Waals surface area contributed by atoms with Crippen LogP contribution in [0.4, 0.5) is 23.3 Å². The minimum atomic E-state index is -3.79. The highest BCUT2D eigenvalue weighted by Crippen LogP contribution is 2.26. The number of aromatic nitrogens is 3. The van der Waals surface area contributed by atoms with Crippen molar-refractivity contribution in [2.45, 2.75) is 31.1 Å². The van der Waals surface area contributed by atoms with Crippen LogP contribution in [-0.2, 0) is 15.4 Å². The zero-order valence-electron chi connectivity index (χ0n) is 15.1. The lowest BCUT2D eigenvalue weighted by molar-refractivity contribution is 0.331. The summed E-state index contributed by atoms with van der Waals surface area (Å²) in [5.74, 6) is 2.06. The van der Waals surface area contributed by atoms with Gasteiger partial charge in [-0.2, -0.15) is 4.98 Å². The van der Waals surface area contributed by atoms with Crippen molar-refractivity contribution < 1.29 is 12.9 Å². The van der Waals surface area contributed by atoms with Crippen LogP contribution in [-0.4, -0.2) is 23.5 Å². The van der Waals surface area contributed by atoms with Gasteiger partial charge in [0.1, 0.15) is 11.6 Å². The van der Waals surface area contributed by atoms with E-state index in [0.29, 0.717) is 17.3 Å². The summed E-state index contributed by atoms with van der Waals surface area (Å²) in [6.07, 6.45) is 1.56. The van der Waals surface area contributed by atoms with E-state index in [1.807, 2.05) is 26.8 Å². The Morgan fingerprint density at radius 1 is 1.07 bits per heavy atom. The van der Waals surface area contributed by atoms with Gasteiger partial charge in [0, 0.05) is 23.4 Å². The first kappa shape index (κ1) is 18.8. The lowest BCUT2D eigenvalue weighted by atomic mass is 9.93. The monoisotopic (exact) mass is 388 g/mol. The Morgan fingerprint density at radius 2 is 1.85 bits per heavy atom. The van der Waals surface area contributed by atoms with E-state index in [1.54, 1.807) is 24.4 Å². The molecule has 0 saturated heterocycles. The van der Waals surface area contributed by atoms with E-state index in [9.17, 15) is 8.42 Å². The first-order valence-electron chi connectivity index (χ1n) is 8.08. The fourth-order valence-electron chi connectivity index (χ4n) is 2.19. The van der Waals surface area contributed by atoms with Gasteiger partial charge in [0.15, 0.2) is 5.82 Å². The molecule has 4 N–H and O–H groups in total. The number of nitrogens with two attached hydrogens (primary N) is 1. The van der Waals surface area contributed by atoms with Gasteiger partial charge in [-0.25, -0.2) is 18.5 Å². The highest BCUT2D eigenvalue weighted by Gasteiger charge is 2.19. The van der Waals surface area contributed by atoms with Crippen molar-refractivity contribution in [3.05, 3.63) is 48.4 Å². The molecule has 10 heteroatoms. The van der Waals surface area contributed by atoms with Crippen molar-refractivity contribution in [1.29, 1.82) is 0 Å². The van der Waals surface area contributed by atoms with Crippen LogP contribution in [0, 0.1) is 0 Å². The van der Waals surface area contributed by atoms with Gasteiger partial charge in [-0.05, 0) is 24.3 Å². The van der Waals surface area contributed by atoms with E-state index in [0.717, 1.165) is 5.76 Å². The molecule has 3 rings (SSSR count). The molecule has 0 unspecified atom stereocenters. The smallest absolute Gasteiger partial charge is 0.238 e. The lowest BCUT2D eigenvalue weighted by Crippen LogP contribution is -2.12. The Bertz CT molecular complexity index is 1060. The molecule has 0 spiro atoms. The lowest BCUT2D eigenvalue weighted by Gasteiger charge is -2.12. The number of primary sulfonamides is 1. The van der Waals surface area contributed by atoms with Crippen LogP contribution < -0.4 is 15.8 Å². The summed E-state index contributed by atoms with van der Waals surface area (Å²) in [5, 5.41) is 15.1. The summed E-state index contributed by atoms with van der Waals surface area (Å²) in [7, 11) is -3.79. The largest absolute Gasteiger partial charge is 0.359 e. The number of hydrogen-bond donors (Lipinski definition) is 3. The minimum Gasteiger partial charge on any atom is -0.359 e. The fourth-order valence-corrected chi connectivity index (χ4v) is 2.75. The molecular weight excluding hydrogens is 368 g/mol. The van der Waals surface area contributed by atoms with Crippen molar-refractivity contribution in [2.24, 2.45) is 5.14 Å². The second-order valence-electron chi connectivity index (χ2n) is 6.91. The van der Waals surface area contributed by atoms with Gasteiger partial charge in [-0.1, -0.05) is 32.0 Å². The summed E-state index contributed by atoms with van der Waals surface area (Å²) in [6.45, 7) is 6.08. The number of anilines is 4. The standard InChI is InChI=1S/C17H20N6O3S/c1-17(2,3)13-10-15(23-26-13)21-14-7-8-19-16(22-14)20-11-5-4-6-12(9-11)27(18,24)25/h4-10H,1-3H3,(H2,18,24,25)(H2,19,20,21,22,23). The molecule has 0 aliphatic rings. The number of nitrogens with zero attached hydrogens (tertiary/aromatic N) is 3. The topological polar surface area (TPSA) is 136 Å². The second kappa shape index (κ2) is 6.97. The molecule has 27 heavy (non-hydrogen) atoms. The number of nitrogens with one attached hydrogen (secondary N) is 2. The van der Waals surface area contributed by atoms with Crippen molar-refractivity contribution in [3.63, 3.8) is 0 Å². The van der Waals surface area contributed by atoms with E-state index in [-0.39, 0.29) is 16.3 Å². The highest BCUT2D eigenvalue weighted by molar-refractivity contribution is 7.89. The number of benzene rings is 1. The van der Waals surface area contributed by atoms with Gasteiger partial charge in [0.2, 0.25) is 16.0 Å². The van der Waals surface area contributed by atoms with Gasteiger partial charge in [0.25, 0.3) is 0 Å². The molecule has 0 aliphatic carbocycles. The molecule has 9 nitrogen and oxygen atoms in total. The molecule has 0 amide bonds. The van der Waals surface area contributed by atoms with Crippen LogP contribution in [0.1, 0.15) is 26.5 Å². The summed E-state index contributed by atoms with van der Waals surface area (Å²) < 4.78 is 28.3. The van der Waals surface area contributed by atoms with Crippen LogP contribution in [0.25, 0.3) is 0 Å². The fraction of sp³-hybridized carbons (Fsp3) is 0.235. The van der Waals surface area contributed by atoms with Gasteiger partial charge < -0.3 is 15.2 Å². The van der Waals surface area contributed by atoms with Crippen molar-refractivity contribution in [2.75, 3.05) is 10.6 Å². The maximum absolute atomic E-state index is 11.5. The Hall–Kier alpha value is -2.98. The first-order valence-corrected chi connectivity index (χ1v) is 9.63. The van der Waals surface area contributed by atoms with Crippen LogP contribution in [0.15, 0.2) is 52.0 Å². The van der Waals surface area contributed by atoms with Gasteiger partial charge in [0.05, 0.1) is 4.90 Å². The molecule has 0 fully saturated rings. The third-order valence-corrected chi connectivity index (χ3v) is 4.49. The molecule has 0 bridgehead atoms. The predicted molar refractivity (Wildman–Crippen MR) is 102 cm³/mol. The minimum absolute atomic E-state index is 0.000846. The van der Waals surface area contributed by atoms with Crippen LogP contribution >= 0.6 is 0 Å². The van der Waals surface area contributed by atoms with E-state index in [1.165, 1.54) is 12.1 Å². The van der Waals surface area contributed by atoms with Crippen molar-refractivity contribution in [3.8, 4) is 0 Å². The molecule has 142 valence electrons. The number of rotatable bonds is 5. The summed E-state index contributed by atoms with van der Waals surface area (Å²) >= 11 is 0. The van der Waals surface area contributed by atoms with Gasteiger partial charge >= 0.3 is 0 Å². The quantitative estimate of drug-likeness (QED) is 0.607. The van der Waals surface area contributed by atoms with Crippen molar-refractivity contribution in [1.82, 2.24) is 15.1 Å². The van der Waals surface area contributed by atoms with Gasteiger partial charge in [-0.15, -0.1) is 0 Å². The van der Waals surface area contributed by atoms with Crippen molar-refractivity contribution >= 4 is 33.3 Å². The van der Waals surface area contributed by atoms with E-state index < -0.39 is 10.0 Å². The molecule has 0 saturated carbocycles. The summed E-state index contributed by atoms with van der Waals surface area (Å²) in [4.78, 5) is 8.46. The van der Waals surface area contributed by atoms with E-state index >= 15 is 0 Å². The Kier molecular flexibility index (Phi) is 4.85. The molecule has 2 heterocycles. The second-order valence-corrected chi connectivity index (χ2v) is 8.48. The van der Waals surface area contributed by atoms with Gasteiger partial charge in [-0.3, -0.25) is 0 Å². The Morgan fingerprint density at radius 3 is 2.52 bits per heavy atom. The highest BCUT2D eigenvalue weighted by atomic mass is 32.2. The average Bonchev–Trinajstić information content (AvgIpc) is 3.03. The first-order chi connectivity index (χ1) is 12.6. The SMILES string of the molecule is CC(C)(C)c1cc(Nc2ccnc(Nc3cccc(S(N)(=O)=O)c3)n2)no1. The molecular formula is C17H20N6O3S. The Labute approximate surface area is 157 Å². The molecule has 0 aliphatic heterocycles. The third kappa shape index (κ3) is 4.80. The predicted octanol–water partition coefficient (Wildman–Crippen LogP) is 2.90.